The van der Waals surface area contributed by atoms with Crippen LogP contribution in [0.5, 0.6) is 0 Å². The molecule has 7 nitrogen and oxygen atoms in total. The summed E-state index contributed by atoms with van der Waals surface area (Å²) < 4.78 is 0.738. The average molecular weight is 363 g/mol. The SMILES string of the molecule is Nc1nc2nc(SCc3ccccc3)nc(NCC(O)CO)c2s1. The number of aliphatic hydroxyl groups excluding tert-OH is 2. The van der Waals surface area contributed by atoms with Gasteiger partial charge in [-0.2, -0.15) is 0 Å². The first-order chi connectivity index (χ1) is 11.7. The molecule has 3 rings (SSSR count). The minimum absolute atomic E-state index is 0.184. The molecule has 2 aromatic heterocycles. The fraction of sp³-hybridized carbons (Fsp3) is 0.267. The molecule has 0 fully saturated rings. The Morgan fingerprint density at radius 1 is 1.21 bits per heavy atom. The van der Waals surface area contributed by atoms with Crippen molar-refractivity contribution in [3.05, 3.63) is 35.9 Å². The smallest absolute Gasteiger partial charge is 0.191 e. The molecule has 2 heterocycles. The van der Waals surface area contributed by atoms with Crippen molar-refractivity contribution in [2.75, 3.05) is 24.2 Å². The molecule has 24 heavy (non-hydrogen) atoms. The first-order valence-corrected chi connectivity index (χ1v) is 9.09. The highest BCUT2D eigenvalue weighted by Crippen LogP contribution is 2.31. The predicted octanol–water partition coefficient (Wildman–Crippen LogP) is 1.73. The molecule has 1 atom stereocenters. The summed E-state index contributed by atoms with van der Waals surface area (Å²) in [5, 5.41) is 22.5. The van der Waals surface area contributed by atoms with E-state index in [2.05, 4.69) is 20.3 Å². The third kappa shape index (κ3) is 4.12. The molecule has 1 unspecified atom stereocenters. The lowest BCUT2D eigenvalue weighted by atomic mass is 10.2. The van der Waals surface area contributed by atoms with E-state index in [1.165, 1.54) is 28.7 Å². The number of aromatic nitrogens is 3. The van der Waals surface area contributed by atoms with E-state index >= 15 is 0 Å². The van der Waals surface area contributed by atoms with E-state index in [-0.39, 0.29) is 13.2 Å². The quantitative estimate of drug-likeness (QED) is 0.370. The second kappa shape index (κ2) is 7.75. The molecule has 0 aliphatic heterocycles. The number of anilines is 2. The van der Waals surface area contributed by atoms with Gasteiger partial charge in [-0.3, -0.25) is 0 Å². The van der Waals surface area contributed by atoms with E-state index < -0.39 is 6.10 Å². The molecule has 0 amide bonds. The number of nitrogens with zero attached hydrogens (tertiary/aromatic N) is 3. The highest BCUT2D eigenvalue weighted by molar-refractivity contribution is 7.98. The number of nitrogen functional groups attached to an aromatic ring is 1. The molecule has 5 N–H and O–H groups in total. The summed E-state index contributed by atoms with van der Waals surface area (Å²) in [7, 11) is 0. The Hall–Kier alpha value is -1.94. The van der Waals surface area contributed by atoms with Crippen LogP contribution in [0.1, 0.15) is 5.56 Å². The van der Waals surface area contributed by atoms with Gasteiger partial charge in [-0.05, 0) is 5.56 Å². The molecular weight excluding hydrogens is 346 g/mol. The minimum Gasteiger partial charge on any atom is -0.394 e. The van der Waals surface area contributed by atoms with Crippen LogP contribution in [0.3, 0.4) is 0 Å². The van der Waals surface area contributed by atoms with Crippen LogP contribution in [-0.2, 0) is 5.75 Å². The molecular formula is C15H17N5O2S2. The molecule has 0 bridgehead atoms. The number of rotatable bonds is 7. The van der Waals surface area contributed by atoms with Gasteiger partial charge in [0, 0.05) is 12.3 Å². The monoisotopic (exact) mass is 363 g/mol. The third-order valence-corrected chi connectivity index (χ3v) is 4.98. The van der Waals surface area contributed by atoms with Crippen LogP contribution in [-0.4, -0.2) is 44.4 Å². The van der Waals surface area contributed by atoms with Gasteiger partial charge in [0.15, 0.2) is 21.8 Å². The number of thiazole rings is 1. The second-order valence-electron chi connectivity index (χ2n) is 5.05. The molecule has 9 heteroatoms. The van der Waals surface area contributed by atoms with Crippen molar-refractivity contribution in [3.8, 4) is 0 Å². The first-order valence-electron chi connectivity index (χ1n) is 7.29. The zero-order chi connectivity index (χ0) is 16.9. The minimum atomic E-state index is -0.860. The summed E-state index contributed by atoms with van der Waals surface area (Å²) >= 11 is 2.79. The van der Waals surface area contributed by atoms with Gasteiger partial charge < -0.3 is 21.3 Å². The molecule has 1 aromatic carbocycles. The van der Waals surface area contributed by atoms with Gasteiger partial charge in [-0.25, -0.2) is 15.0 Å². The molecule has 0 aliphatic rings. The van der Waals surface area contributed by atoms with Gasteiger partial charge in [0.2, 0.25) is 0 Å². The second-order valence-corrected chi connectivity index (χ2v) is 7.02. The summed E-state index contributed by atoms with van der Waals surface area (Å²) in [6.07, 6.45) is -0.860. The Kier molecular flexibility index (Phi) is 5.46. The Labute approximate surface area is 147 Å². The zero-order valence-corrected chi connectivity index (χ0v) is 14.3. The van der Waals surface area contributed by atoms with Crippen molar-refractivity contribution >= 4 is 44.4 Å². The maximum absolute atomic E-state index is 9.52. The summed E-state index contributed by atoms with van der Waals surface area (Å²) in [6, 6.07) is 10.0. The van der Waals surface area contributed by atoms with Gasteiger partial charge >= 0.3 is 0 Å². The van der Waals surface area contributed by atoms with E-state index in [1.807, 2.05) is 30.3 Å². The summed E-state index contributed by atoms with van der Waals surface area (Å²) in [6.45, 7) is -0.134. The lowest BCUT2D eigenvalue weighted by molar-refractivity contribution is 0.105. The van der Waals surface area contributed by atoms with Crippen molar-refractivity contribution in [2.24, 2.45) is 0 Å². The van der Waals surface area contributed by atoms with Gasteiger partial charge in [-0.15, -0.1) is 0 Å². The number of hydrogen-bond acceptors (Lipinski definition) is 9. The Balaban J connectivity index is 1.82. The van der Waals surface area contributed by atoms with Gasteiger partial charge in [0.1, 0.15) is 4.70 Å². The molecule has 0 radical (unpaired) electrons. The highest BCUT2D eigenvalue weighted by Gasteiger charge is 2.14. The molecule has 3 aromatic rings. The number of hydrogen-bond donors (Lipinski definition) is 4. The van der Waals surface area contributed by atoms with Crippen LogP contribution in [0.25, 0.3) is 10.3 Å². The van der Waals surface area contributed by atoms with Crippen LogP contribution >= 0.6 is 23.1 Å². The number of nitrogens with one attached hydrogen (secondary N) is 1. The Morgan fingerprint density at radius 3 is 2.75 bits per heavy atom. The van der Waals surface area contributed by atoms with E-state index in [4.69, 9.17) is 10.8 Å². The summed E-state index contributed by atoms with van der Waals surface area (Å²) in [5.74, 6) is 1.31. The predicted molar refractivity (Wildman–Crippen MR) is 97.2 cm³/mol. The van der Waals surface area contributed by atoms with Gasteiger partial charge in [0.05, 0.1) is 12.7 Å². The van der Waals surface area contributed by atoms with E-state index in [0.29, 0.717) is 21.8 Å². The van der Waals surface area contributed by atoms with Crippen molar-refractivity contribution in [3.63, 3.8) is 0 Å². The molecule has 0 aliphatic carbocycles. The van der Waals surface area contributed by atoms with Gasteiger partial charge in [0.25, 0.3) is 0 Å². The highest BCUT2D eigenvalue weighted by atomic mass is 32.2. The van der Waals surface area contributed by atoms with Gasteiger partial charge in [-0.1, -0.05) is 53.4 Å². The number of aliphatic hydroxyl groups is 2. The molecule has 126 valence electrons. The normalized spacial score (nSPS) is 12.4. The molecule has 0 spiro atoms. The van der Waals surface area contributed by atoms with E-state index in [0.717, 1.165) is 10.5 Å². The van der Waals surface area contributed by atoms with Crippen LogP contribution in [0, 0.1) is 0 Å². The molecule has 0 saturated carbocycles. The van der Waals surface area contributed by atoms with Crippen molar-refractivity contribution in [2.45, 2.75) is 17.0 Å². The Bertz CT molecular complexity index is 812. The van der Waals surface area contributed by atoms with Crippen molar-refractivity contribution in [1.29, 1.82) is 0 Å². The fourth-order valence-corrected chi connectivity index (χ4v) is 3.54. The van der Waals surface area contributed by atoms with Crippen molar-refractivity contribution < 1.29 is 10.2 Å². The summed E-state index contributed by atoms with van der Waals surface area (Å²) in [4.78, 5) is 13.2. The third-order valence-electron chi connectivity index (χ3n) is 3.18. The number of nitrogens with two attached hydrogens (primary N) is 1. The maximum Gasteiger partial charge on any atom is 0.191 e. The molecule has 0 saturated heterocycles. The fourth-order valence-electron chi connectivity index (χ4n) is 2.01. The van der Waals surface area contributed by atoms with Crippen LogP contribution in [0.2, 0.25) is 0 Å². The van der Waals surface area contributed by atoms with E-state index in [1.54, 1.807) is 0 Å². The standard InChI is InChI=1S/C15H17N5O2S2/c16-14-18-13-11(24-14)12(17-6-10(22)7-21)19-15(20-13)23-8-9-4-2-1-3-5-9/h1-5,10,21-22H,6-8H2,(H3,16,17,18,19,20). The van der Waals surface area contributed by atoms with Crippen LogP contribution in [0.4, 0.5) is 10.9 Å². The first kappa shape index (κ1) is 16.9. The van der Waals surface area contributed by atoms with Crippen LogP contribution in [0.15, 0.2) is 35.5 Å². The largest absolute Gasteiger partial charge is 0.394 e. The van der Waals surface area contributed by atoms with Crippen molar-refractivity contribution in [1.82, 2.24) is 15.0 Å². The summed E-state index contributed by atoms with van der Waals surface area (Å²) in [5.41, 5.74) is 7.48. The lowest BCUT2D eigenvalue weighted by Gasteiger charge is -2.10. The maximum atomic E-state index is 9.52. The topological polar surface area (TPSA) is 117 Å². The van der Waals surface area contributed by atoms with E-state index in [9.17, 15) is 5.11 Å². The number of fused-ring (bicyclic) bond motifs is 1. The average Bonchev–Trinajstić information content (AvgIpc) is 2.98. The zero-order valence-electron chi connectivity index (χ0n) is 12.7. The lowest BCUT2D eigenvalue weighted by Crippen LogP contribution is -2.23. The number of thioether (sulfide) groups is 1. The van der Waals surface area contributed by atoms with Crippen LogP contribution < -0.4 is 11.1 Å². The number of benzene rings is 1. The Morgan fingerprint density at radius 2 is 2.00 bits per heavy atom.